The van der Waals surface area contributed by atoms with Gasteiger partial charge in [-0.25, -0.2) is 13.6 Å². The number of nitrogens with zero attached hydrogens (tertiary/aromatic N) is 1. The fraction of sp³-hybridized carbons (Fsp3) is 0.292. The second kappa shape index (κ2) is 7.90. The van der Waals surface area contributed by atoms with Gasteiger partial charge in [-0.1, -0.05) is 18.2 Å². The van der Waals surface area contributed by atoms with Crippen molar-refractivity contribution >= 4 is 22.9 Å². The number of benzene rings is 2. The smallest absolute Gasteiger partial charge is 0.328 e. The van der Waals surface area contributed by atoms with E-state index in [1.54, 1.807) is 0 Å². The SMILES string of the molecule is O=C(O)/C=C/c1cc(F)c([C@@H]2c3[nH]c4ccccc4c3CCN2[C@@H]2CCOC2)c(F)c1. The molecule has 2 N–H and O–H groups in total. The first-order chi connectivity index (χ1) is 15.0. The molecule has 7 heteroatoms. The summed E-state index contributed by atoms with van der Waals surface area (Å²) in [6.07, 6.45) is 3.66. The summed E-state index contributed by atoms with van der Waals surface area (Å²) in [4.78, 5) is 16.3. The van der Waals surface area contributed by atoms with Crippen LogP contribution in [0.15, 0.2) is 42.5 Å². The maximum absolute atomic E-state index is 15.3. The van der Waals surface area contributed by atoms with Crippen molar-refractivity contribution in [3.8, 4) is 0 Å². The highest BCUT2D eigenvalue weighted by Crippen LogP contribution is 2.42. The topological polar surface area (TPSA) is 65.6 Å². The molecule has 160 valence electrons. The summed E-state index contributed by atoms with van der Waals surface area (Å²) in [5, 5.41) is 9.88. The molecule has 2 aliphatic heterocycles. The van der Waals surface area contributed by atoms with Gasteiger partial charge in [0.1, 0.15) is 11.6 Å². The largest absolute Gasteiger partial charge is 0.478 e. The molecule has 1 saturated heterocycles. The van der Waals surface area contributed by atoms with Crippen LogP contribution in [0.2, 0.25) is 0 Å². The number of ether oxygens (including phenoxy) is 1. The molecule has 0 radical (unpaired) electrons. The third-order valence-electron chi connectivity index (χ3n) is 6.24. The second-order valence-electron chi connectivity index (χ2n) is 8.04. The molecule has 31 heavy (non-hydrogen) atoms. The van der Waals surface area contributed by atoms with Gasteiger partial charge in [-0.2, -0.15) is 0 Å². The van der Waals surface area contributed by atoms with E-state index >= 15 is 8.78 Å². The van der Waals surface area contributed by atoms with Crippen molar-refractivity contribution < 1.29 is 23.4 Å². The summed E-state index contributed by atoms with van der Waals surface area (Å²) in [5.41, 5.74) is 3.00. The maximum atomic E-state index is 15.3. The van der Waals surface area contributed by atoms with Crippen LogP contribution in [-0.4, -0.2) is 46.8 Å². The molecule has 3 heterocycles. The Labute approximate surface area is 177 Å². The minimum absolute atomic E-state index is 0.0214. The monoisotopic (exact) mass is 424 g/mol. The first-order valence-corrected chi connectivity index (χ1v) is 10.4. The first-order valence-electron chi connectivity index (χ1n) is 10.4. The number of carboxylic acids is 1. The lowest BCUT2D eigenvalue weighted by Gasteiger charge is -2.39. The predicted octanol–water partition coefficient (Wildman–Crippen LogP) is 4.28. The molecule has 0 unspecified atom stereocenters. The van der Waals surface area contributed by atoms with Gasteiger partial charge in [0.15, 0.2) is 0 Å². The number of fused-ring (bicyclic) bond motifs is 3. The lowest BCUT2D eigenvalue weighted by atomic mass is 9.89. The Hall–Kier alpha value is -3.03. The van der Waals surface area contributed by atoms with Gasteiger partial charge in [0.25, 0.3) is 0 Å². The Morgan fingerprint density at radius 1 is 1.23 bits per heavy atom. The van der Waals surface area contributed by atoms with Crippen molar-refractivity contribution in [2.24, 2.45) is 0 Å². The van der Waals surface area contributed by atoms with Crippen LogP contribution in [-0.2, 0) is 16.0 Å². The second-order valence-corrected chi connectivity index (χ2v) is 8.04. The minimum atomic E-state index is -1.17. The number of carbonyl (C=O) groups is 1. The average molecular weight is 424 g/mol. The summed E-state index contributed by atoms with van der Waals surface area (Å²) in [6.45, 7) is 1.85. The zero-order valence-electron chi connectivity index (χ0n) is 16.8. The Bertz CT molecular complexity index is 1160. The summed E-state index contributed by atoms with van der Waals surface area (Å²) < 4.78 is 36.2. The molecular weight excluding hydrogens is 402 g/mol. The fourth-order valence-electron chi connectivity index (χ4n) is 4.88. The molecule has 0 saturated carbocycles. The molecule has 1 fully saturated rings. The lowest BCUT2D eigenvalue weighted by Crippen LogP contribution is -2.44. The molecule has 0 aliphatic carbocycles. The minimum Gasteiger partial charge on any atom is -0.478 e. The van der Waals surface area contributed by atoms with Crippen LogP contribution in [0, 0.1) is 11.6 Å². The summed E-state index contributed by atoms with van der Waals surface area (Å²) in [5.74, 6) is -2.55. The highest BCUT2D eigenvalue weighted by atomic mass is 19.1. The van der Waals surface area contributed by atoms with Gasteiger partial charge in [0, 0.05) is 47.4 Å². The molecule has 1 aromatic heterocycles. The fourth-order valence-corrected chi connectivity index (χ4v) is 4.88. The molecule has 5 nitrogen and oxygen atoms in total. The number of halogens is 2. The van der Waals surface area contributed by atoms with Crippen LogP contribution < -0.4 is 0 Å². The number of hydrogen-bond donors (Lipinski definition) is 2. The number of rotatable bonds is 4. The molecule has 2 atom stereocenters. The van der Waals surface area contributed by atoms with Crippen LogP contribution in [0.5, 0.6) is 0 Å². The summed E-state index contributed by atoms with van der Waals surface area (Å²) in [6, 6.07) is 9.76. The van der Waals surface area contributed by atoms with E-state index in [9.17, 15) is 4.79 Å². The molecular formula is C24H22F2N2O3. The van der Waals surface area contributed by atoms with Crippen molar-refractivity contribution in [1.29, 1.82) is 0 Å². The Morgan fingerprint density at radius 2 is 2.00 bits per heavy atom. The quantitative estimate of drug-likeness (QED) is 0.614. The average Bonchev–Trinajstić information content (AvgIpc) is 3.40. The third kappa shape index (κ3) is 3.54. The van der Waals surface area contributed by atoms with Gasteiger partial charge >= 0.3 is 5.97 Å². The van der Waals surface area contributed by atoms with Crippen LogP contribution in [0.4, 0.5) is 8.78 Å². The molecule has 0 bridgehead atoms. The van der Waals surface area contributed by atoms with Gasteiger partial charge in [-0.05, 0) is 48.2 Å². The van der Waals surface area contributed by atoms with Gasteiger partial charge in [0.2, 0.25) is 0 Å². The van der Waals surface area contributed by atoms with Crippen molar-refractivity contribution in [2.45, 2.75) is 24.9 Å². The van der Waals surface area contributed by atoms with Gasteiger partial charge in [-0.3, -0.25) is 4.90 Å². The third-order valence-corrected chi connectivity index (χ3v) is 6.24. The van der Waals surface area contributed by atoms with E-state index < -0.39 is 23.6 Å². The summed E-state index contributed by atoms with van der Waals surface area (Å²) >= 11 is 0. The number of para-hydroxylation sites is 1. The number of nitrogens with one attached hydrogen (secondary N) is 1. The van der Waals surface area contributed by atoms with E-state index in [4.69, 9.17) is 9.84 Å². The van der Waals surface area contributed by atoms with Gasteiger partial charge in [-0.15, -0.1) is 0 Å². The van der Waals surface area contributed by atoms with Crippen LogP contribution in [0.3, 0.4) is 0 Å². The van der Waals surface area contributed by atoms with E-state index in [-0.39, 0.29) is 17.2 Å². The standard InChI is InChI=1S/C24H22F2N2O3/c25-18-11-14(5-6-21(29)30)12-19(26)22(18)24-23-17(16-3-1-2-4-20(16)27-23)7-9-28(24)15-8-10-31-13-15/h1-6,11-12,15,24,27H,7-10,13H2,(H,29,30)/b6-5+/t15-,24-/m1/s1. The van der Waals surface area contributed by atoms with Crippen molar-refractivity contribution in [1.82, 2.24) is 9.88 Å². The zero-order chi connectivity index (χ0) is 21.5. The van der Waals surface area contributed by atoms with Crippen LogP contribution in [0.1, 0.15) is 34.8 Å². The number of hydrogen-bond acceptors (Lipinski definition) is 3. The van der Waals surface area contributed by atoms with E-state index in [0.717, 1.165) is 41.1 Å². The Morgan fingerprint density at radius 3 is 2.71 bits per heavy atom. The number of carboxylic acid groups (broad SMARTS) is 1. The Balaban J connectivity index is 1.66. The van der Waals surface area contributed by atoms with E-state index in [2.05, 4.69) is 9.88 Å². The first kappa shape index (κ1) is 19.9. The van der Waals surface area contributed by atoms with Crippen LogP contribution in [0.25, 0.3) is 17.0 Å². The Kier molecular flexibility index (Phi) is 5.08. The molecule has 5 rings (SSSR count). The van der Waals surface area contributed by atoms with E-state index in [0.29, 0.717) is 19.8 Å². The van der Waals surface area contributed by atoms with Crippen LogP contribution >= 0.6 is 0 Å². The molecule has 0 amide bonds. The number of aliphatic carboxylic acids is 1. The van der Waals surface area contributed by atoms with Gasteiger partial charge in [0.05, 0.1) is 12.6 Å². The zero-order valence-corrected chi connectivity index (χ0v) is 16.8. The number of aromatic nitrogens is 1. The highest BCUT2D eigenvalue weighted by Gasteiger charge is 2.39. The lowest BCUT2D eigenvalue weighted by molar-refractivity contribution is -0.131. The van der Waals surface area contributed by atoms with Gasteiger partial charge < -0.3 is 14.8 Å². The number of H-pyrrole nitrogens is 1. The molecule has 2 aromatic carbocycles. The van der Waals surface area contributed by atoms with Crippen molar-refractivity contribution in [3.63, 3.8) is 0 Å². The number of aromatic amines is 1. The highest BCUT2D eigenvalue weighted by molar-refractivity contribution is 5.86. The summed E-state index contributed by atoms with van der Waals surface area (Å²) in [7, 11) is 0. The maximum Gasteiger partial charge on any atom is 0.328 e. The molecule has 2 aliphatic rings. The molecule has 0 spiro atoms. The van der Waals surface area contributed by atoms with E-state index in [1.807, 2.05) is 24.3 Å². The predicted molar refractivity (Wildman–Crippen MR) is 113 cm³/mol. The van der Waals surface area contributed by atoms with Crippen molar-refractivity contribution in [2.75, 3.05) is 19.8 Å². The normalized spacial score (nSPS) is 21.7. The molecule has 3 aromatic rings. The van der Waals surface area contributed by atoms with Crippen molar-refractivity contribution in [3.05, 3.63) is 76.5 Å². The van der Waals surface area contributed by atoms with E-state index in [1.165, 1.54) is 18.2 Å².